The Kier molecular flexibility index (Phi) is 5.66. The molecule has 0 aliphatic heterocycles. The molecule has 4 nitrogen and oxygen atoms in total. The molecule has 152 valence electrons. The summed E-state index contributed by atoms with van der Waals surface area (Å²) in [5.41, 5.74) is 1.35. The van der Waals surface area contributed by atoms with E-state index < -0.39 is 17.3 Å². The molecule has 4 aromatic rings. The van der Waals surface area contributed by atoms with Gasteiger partial charge in [-0.3, -0.25) is 0 Å². The maximum atomic E-state index is 14.2. The number of aromatic nitrogens is 4. The molecule has 0 unspecified atom stereocenters. The minimum atomic E-state index is -0.813. The number of hydrogen-bond acceptors (Lipinski definition) is 4. The molecule has 4 heterocycles. The molecule has 4 rings (SSSR count). The van der Waals surface area contributed by atoms with E-state index in [-0.39, 0.29) is 44.5 Å². The maximum Gasteiger partial charge on any atom is 2.00 e. The van der Waals surface area contributed by atoms with Gasteiger partial charge in [0.15, 0.2) is 0 Å². The second kappa shape index (κ2) is 8.88. The summed E-state index contributed by atoms with van der Waals surface area (Å²) in [6.45, 7) is 3.81. The van der Waals surface area contributed by atoms with Gasteiger partial charge in [0.05, 0.1) is 0 Å². The van der Waals surface area contributed by atoms with E-state index in [9.17, 15) is 8.78 Å². The first kappa shape index (κ1) is 19.1. The first-order valence-electron chi connectivity index (χ1n) is 9.81. The van der Waals surface area contributed by atoms with Crippen LogP contribution in [0.2, 0.25) is 0 Å². The third-order valence-corrected chi connectivity index (χ3v) is 4.59. The average Bonchev–Trinajstić information content (AvgIpc) is 2.74. The van der Waals surface area contributed by atoms with Crippen LogP contribution >= 0.6 is 0 Å². The van der Waals surface area contributed by atoms with Gasteiger partial charge >= 0.3 is 21.1 Å². The Morgan fingerprint density at radius 3 is 1.63 bits per heavy atom. The fourth-order valence-corrected chi connectivity index (χ4v) is 2.95. The standard InChI is InChI=1S/C23H16F2N4.Pt/c1-23(2,19-11-3-9-17(28-19)15-7-5-13-26-21(15)24)20-12-4-10-18(29-20)16-8-6-14-27-22(16)25;/h3-6,9-14H,1-2H3;/q-2;+2/i13D,14D;. The largest absolute Gasteiger partial charge is 2.00 e. The van der Waals surface area contributed by atoms with Crippen LogP contribution in [0.1, 0.15) is 28.0 Å². The summed E-state index contributed by atoms with van der Waals surface area (Å²) in [6.07, 6.45) is -0.425. The molecule has 0 aliphatic rings. The van der Waals surface area contributed by atoms with Gasteiger partial charge in [-0.25, -0.2) is 8.78 Å². The zero-order chi connectivity index (χ0) is 22.2. The van der Waals surface area contributed by atoms with E-state index in [1.165, 1.54) is 12.1 Å². The van der Waals surface area contributed by atoms with Crippen molar-refractivity contribution in [3.05, 3.63) is 96.3 Å². The molecule has 4 aromatic heterocycles. The summed E-state index contributed by atoms with van der Waals surface area (Å²) in [7, 11) is 0. The van der Waals surface area contributed by atoms with Crippen molar-refractivity contribution in [1.29, 1.82) is 0 Å². The van der Waals surface area contributed by atoms with Gasteiger partial charge in [-0.1, -0.05) is 47.7 Å². The van der Waals surface area contributed by atoms with E-state index in [4.69, 9.17) is 2.74 Å². The van der Waals surface area contributed by atoms with E-state index in [1.807, 2.05) is 13.8 Å². The zero-order valence-electron chi connectivity index (χ0n) is 18.0. The molecule has 0 atom stereocenters. The van der Waals surface area contributed by atoms with Crippen LogP contribution in [0.4, 0.5) is 8.78 Å². The van der Waals surface area contributed by atoms with Gasteiger partial charge in [0, 0.05) is 19.5 Å². The van der Waals surface area contributed by atoms with E-state index in [1.54, 1.807) is 36.4 Å². The smallest absolute Gasteiger partial charge is 0.326 e. The number of rotatable bonds is 4. The topological polar surface area (TPSA) is 51.6 Å². The number of hydrogen-bond donors (Lipinski definition) is 0. The molecule has 30 heavy (non-hydrogen) atoms. The van der Waals surface area contributed by atoms with Crippen molar-refractivity contribution in [1.82, 2.24) is 19.9 Å². The summed E-state index contributed by atoms with van der Waals surface area (Å²) in [5.74, 6) is -1.63. The first-order chi connectivity index (χ1) is 14.8. The molecule has 0 radical (unpaired) electrons. The van der Waals surface area contributed by atoms with Crippen molar-refractivity contribution >= 4 is 0 Å². The van der Waals surface area contributed by atoms with Gasteiger partial charge in [-0.2, -0.15) is 0 Å². The van der Waals surface area contributed by atoms with E-state index in [0.717, 1.165) is 0 Å². The van der Waals surface area contributed by atoms with Crippen LogP contribution in [0.15, 0.2) is 60.9 Å². The molecule has 0 fully saturated rings. The van der Waals surface area contributed by atoms with Crippen LogP contribution < -0.4 is 0 Å². The second-order valence-corrected chi connectivity index (χ2v) is 6.83. The van der Waals surface area contributed by atoms with Crippen LogP contribution in [0.5, 0.6) is 0 Å². The second-order valence-electron chi connectivity index (χ2n) is 6.83. The number of pyridine rings is 4. The summed E-state index contributed by atoms with van der Waals surface area (Å²) in [6, 6.07) is 18.4. The monoisotopic (exact) mass is 583 g/mol. The van der Waals surface area contributed by atoms with Crippen LogP contribution in [0.25, 0.3) is 22.5 Å². The molecule has 0 spiro atoms. The van der Waals surface area contributed by atoms with Crippen LogP contribution in [-0.4, -0.2) is 19.9 Å². The molecule has 0 saturated heterocycles. The summed E-state index contributed by atoms with van der Waals surface area (Å²) >= 11 is 0. The molecule has 0 aromatic carbocycles. The van der Waals surface area contributed by atoms with E-state index >= 15 is 0 Å². The Morgan fingerprint density at radius 2 is 1.23 bits per heavy atom. The van der Waals surface area contributed by atoms with Gasteiger partial charge in [0.25, 0.3) is 0 Å². The molecule has 0 aliphatic carbocycles. The van der Waals surface area contributed by atoms with Crippen LogP contribution in [0, 0.1) is 24.0 Å². The van der Waals surface area contributed by atoms with Crippen molar-refractivity contribution in [2.75, 3.05) is 0 Å². The number of halogens is 2. The third kappa shape index (κ3) is 4.19. The summed E-state index contributed by atoms with van der Waals surface area (Å²) in [5, 5.41) is 0. The Bertz CT molecular complexity index is 1190. The first-order valence-corrected chi connectivity index (χ1v) is 8.81. The van der Waals surface area contributed by atoms with E-state index in [2.05, 4.69) is 32.1 Å². The van der Waals surface area contributed by atoms with Gasteiger partial charge in [0.1, 0.15) is 11.9 Å². The van der Waals surface area contributed by atoms with Crippen molar-refractivity contribution in [2.24, 2.45) is 0 Å². The van der Waals surface area contributed by atoms with Crippen molar-refractivity contribution in [3.63, 3.8) is 0 Å². The Morgan fingerprint density at radius 1 is 0.800 bits per heavy atom. The van der Waals surface area contributed by atoms with Crippen LogP contribution in [-0.2, 0) is 26.5 Å². The van der Waals surface area contributed by atoms with Gasteiger partial charge in [-0.15, -0.1) is 24.3 Å². The minimum Gasteiger partial charge on any atom is -0.326 e. The van der Waals surface area contributed by atoms with Gasteiger partial charge in [-0.05, 0) is 37.4 Å². The van der Waals surface area contributed by atoms with Gasteiger partial charge in [0.2, 0.25) is 0 Å². The SMILES string of the molecule is [2H]c1c[c-]c(-c2cccc(C(C)(C)c3cccc(-c4[c-]cc([2H])nc4F)n3)n2)c(F)n1.[Pt+2]. The molecular formula is C23H16F2N4Pt. The predicted molar refractivity (Wildman–Crippen MR) is 105 cm³/mol. The molecule has 0 amide bonds. The van der Waals surface area contributed by atoms with Crippen molar-refractivity contribution in [2.45, 2.75) is 19.3 Å². The average molecular weight is 583 g/mol. The normalized spacial score (nSPS) is 12.0. The molecule has 0 saturated carbocycles. The van der Waals surface area contributed by atoms with Crippen LogP contribution in [0.3, 0.4) is 0 Å². The quantitative estimate of drug-likeness (QED) is 0.256. The van der Waals surface area contributed by atoms with E-state index in [0.29, 0.717) is 22.8 Å². The Labute approximate surface area is 190 Å². The third-order valence-electron chi connectivity index (χ3n) is 4.59. The minimum absolute atomic E-state index is 0. The molecule has 7 heteroatoms. The Hall–Kier alpha value is -2.85. The zero-order valence-corrected chi connectivity index (χ0v) is 18.3. The number of nitrogens with zero attached hydrogens (tertiary/aromatic N) is 4. The summed E-state index contributed by atoms with van der Waals surface area (Å²) in [4.78, 5) is 16.2. The fourth-order valence-electron chi connectivity index (χ4n) is 2.95. The molecule has 0 bridgehead atoms. The van der Waals surface area contributed by atoms with Crippen molar-refractivity contribution < 1.29 is 32.6 Å². The summed E-state index contributed by atoms with van der Waals surface area (Å²) < 4.78 is 43.3. The molecular weight excluding hydrogens is 565 g/mol. The fraction of sp³-hybridized carbons (Fsp3) is 0.130. The Balaban J connectivity index is 0.00000289. The van der Waals surface area contributed by atoms with Gasteiger partial charge < -0.3 is 19.9 Å². The van der Waals surface area contributed by atoms with Crippen molar-refractivity contribution in [3.8, 4) is 22.5 Å². The predicted octanol–water partition coefficient (Wildman–Crippen LogP) is 4.80. The maximum absolute atomic E-state index is 14.2. The molecule has 0 N–H and O–H groups in total.